The fourth-order valence-corrected chi connectivity index (χ4v) is 8.00. The molecule has 67 heavy (non-hydrogen) atoms. The number of azo groups is 4. The third-order valence-electron chi connectivity index (χ3n) is 9.21. The van der Waals surface area contributed by atoms with Crippen LogP contribution in [0, 0.1) is 20.2 Å². The molecular formula is C38H24N10O16S3. The Labute approximate surface area is 373 Å². The largest absolute Gasteiger partial charge is 0.505 e. The van der Waals surface area contributed by atoms with Crippen molar-refractivity contribution in [2.75, 3.05) is 0 Å². The van der Waals surface area contributed by atoms with Crippen LogP contribution in [-0.2, 0) is 30.4 Å². The van der Waals surface area contributed by atoms with Crippen LogP contribution in [0.1, 0.15) is 0 Å². The Morgan fingerprint density at radius 1 is 0.433 bits per heavy atom. The van der Waals surface area contributed by atoms with Gasteiger partial charge in [0, 0.05) is 41.1 Å². The van der Waals surface area contributed by atoms with Crippen LogP contribution in [-0.4, -0.2) is 64.1 Å². The van der Waals surface area contributed by atoms with Gasteiger partial charge in [0.2, 0.25) is 0 Å². The molecule has 0 aromatic heterocycles. The Morgan fingerprint density at radius 2 is 0.910 bits per heavy atom. The van der Waals surface area contributed by atoms with Crippen LogP contribution in [0.4, 0.5) is 56.9 Å². The number of nitro groups is 2. The monoisotopic (exact) mass is 972 g/mol. The summed E-state index contributed by atoms with van der Waals surface area (Å²) in [4.78, 5) is 18.3. The second-order valence-corrected chi connectivity index (χ2v) is 17.7. The SMILES string of the molecule is O=[N+]([O-])c1ccc(N=Nc2cc(N=Nc3ccc(S(=O)(=O)O)c4ccccc34)c(O)c(N=Nc3cc(S(=O)(=O)O)cc4cc(S(=O)(=O)O)c(N=Nc5ccc([N+](=O)[O-])cc5)c(O)c34)c2O)cc1. The topological polar surface area (TPSA) is 409 Å². The molecule has 0 saturated carbocycles. The van der Waals surface area contributed by atoms with Crippen LogP contribution in [0.5, 0.6) is 17.2 Å². The number of hydrogen-bond donors (Lipinski definition) is 6. The first-order valence-corrected chi connectivity index (χ1v) is 22.4. The summed E-state index contributed by atoms with van der Waals surface area (Å²) in [5.74, 6) is -3.16. The highest BCUT2D eigenvalue weighted by atomic mass is 32.2. The van der Waals surface area contributed by atoms with Crippen molar-refractivity contribution in [1.82, 2.24) is 0 Å². The van der Waals surface area contributed by atoms with Crippen LogP contribution in [0.3, 0.4) is 0 Å². The lowest BCUT2D eigenvalue weighted by Crippen LogP contribution is -2.01. The van der Waals surface area contributed by atoms with E-state index in [4.69, 9.17) is 0 Å². The van der Waals surface area contributed by atoms with Crippen molar-refractivity contribution in [3.8, 4) is 17.2 Å². The maximum atomic E-state index is 12.6. The van der Waals surface area contributed by atoms with E-state index in [0.29, 0.717) is 18.2 Å². The summed E-state index contributed by atoms with van der Waals surface area (Å²) in [5, 5.41) is 86.9. The third-order valence-corrected chi connectivity index (χ3v) is 11.8. The van der Waals surface area contributed by atoms with Crippen molar-refractivity contribution < 1.29 is 64.1 Å². The first kappa shape index (κ1) is 46.4. The fraction of sp³-hybridized carbons (Fsp3) is 0. The van der Waals surface area contributed by atoms with Gasteiger partial charge < -0.3 is 15.3 Å². The molecule has 7 aromatic carbocycles. The molecule has 340 valence electrons. The number of phenols is 3. The van der Waals surface area contributed by atoms with E-state index in [9.17, 15) is 74.5 Å². The molecule has 0 aliphatic carbocycles. The first-order chi connectivity index (χ1) is 31.5. The maximum Gasteiger partial charge on any atom is 0.296 e. The Bertz CT molecular complexity index is 3700. The molecular weight excluding hydrogens is 949 g/mol. The van der Waals surface area contributed by atoms with Crippen molar-refractivity contribution in [2.24, 2.45) is 40.9 Å². The normalized spacial score (nSPS) is 12.6. The molecule has 29 heteroatoms. The number of rotatable bonds is 13. The van der Waals surface area contributed by atoms with Crippen molar-refractivity contribution >= 4 is 109 Å². The Kier molecular flexibility index (Phi) is 12.3. The summed E-state index contributed by atoms with van der Waals surface area (Å²) in [6.07, 6.45) is 0. The molecule has 0 amide bonds. The maximum absolute atomic E-state index is 12.6. The van der Waals surface area contributed by atoms with Gasteiger partial charge in [0.15, 0.2) is 22.9 Å². The van der Waals surface area contributed by atoms with Crippen LogP contribution < -0.4 is 0 Å². The van der Waals surface area contributed by atoms with Gasteiger partial charge in [0.25, 0.3) is 41.7 Å². The number of nitrogens with zero attached hydrogens (tertiary/aromatic N) is 10. The molecule has 0 heterocycles. The van der Waals surface area contributed by atoms with E-state index in [1.54, 1.807) is 0 Å². The van der Waals surface area contributed by atoms with Gasteiger partial charge in [-0.2, -0.15) is 35.5 Å². The lowest BCUT2D eigenvalue weighted by molar-refractivity contribution is -0.385. The Morgan fingerprint density at radius 3 is 1.43 bits per heavy atom. The summed E-state index contributed by atoms with van der Waals surface area (Å²) < 4.78 is 104. The second kappa shape index (κ2) is 17.8. The molecule has 26 nitrogen and oxygen atoms in total. The molecule has 0 bridgehead atoms. The van der Waals surface area contributed by atoms with Crippen LogP contribution in [0.15, 0.2) is 165 Å². The lowest BCUT2D eigenvalue weighted by Gasteiger charge is -2.12. The Hall–Kier alpha value is -8.61. The minimum absolute atomic E-state index is 0.0116. The van der Waals surface area contributed by atoms with Crippen molar-refractivity contribution in [3.63, 3.8) is 0 Å². The minimum atomic E-state index is -5.33. The van der Waals surface area contributed by atoms with E-state index in [2.05, 4.69) is 40.9 Å². The second-order valence-electron chi connectivity index (χ2n) is 13.5. The van der Waals surface area contributed by atoms with Gasteiger partial charge in [0.1, 0.15) is 26.9 Å². The summed E-state index contributed by atoms with van der Waals surface area (Å²) in [5.41, 5.74) is -4.42. The molecule has 7 rings (SSSR count). The van der Waals surface area contributed by atoms with Gasteiger partial charge in [-0.1, -0.05) is 24.3 Å². The molecule has 0 unspecified atom stereocenters. The molecule has 0 saturated heterocycles. The molecule has 0 aliphatic rings. The van der Waals surface area contributed by atoms with Gasteiger partial charge in [-0.3, -0.25) is 33.9 Å². The highest BCUT2D eigenvalue weighted by Crippen LogP contribution is 2.52. The van der Waals surface area contributed by atoms with Gasteiger partial charge in [-0.15, -0.1) is 30.7 Å². The summed E-state index contributed by atoms with van der Waals surface area (Å²) >= 11 is 0. The van der Waals surface area contributed by atoms with Crippen molar-refractivity contribution in [1.29, 1.82) is 0 Å². The van der Waals surface area contributed by atoms with Gasteiger partial charge in [-0.05, 0) is 60.0 Å². The first-order valence-electron chi connectivity index (χ1n) is 18.0. The number of benzene rings is 7. The highest BCUT2D eigenvalue weighted by molar-refractivity contribution is 7.86. The Balaban J connectivity index is 1.43. The number of hydrogen-bond acceptors (Lipinski definition) is 21. The molecule has 0 aliphatic heterocycles. The zero-order valence-electron chi connectivity index (χ0n) is 32.9. The summed E-state index contributed by atoms with van der Waals surface area (Å²) in [6.45, 7) is 0. The van der Waals surface area contributed by atoms with Crippen molar-refractivity contribution in [2.45, 2.75) is 14.7 Å². The standard InChI is InChI=1S/C38H24N10O16S3/c49-36-29(43-39-20-5-9-22(10-6-20)47(52)53)18-30(44-41-27-13-14-31(66(59,60)61)26-4-2-1-3-25(26)27)37(50)35(36)46-42-28-17-24(65(56,57)58)15-19-16-32(67(62,63)64)34(38(51)33(19)28)45-40-21-7-11-23(12-8-21)48(54)55/h1-18,49-51H,(H,56,57,58)(H,59,60,61)(H,62,63,64). The predicted octanol–water partition coefficient (Wildman–Crippen LogP) is 10.3. The van der Waals surface area contributed by atoms with E-state index in [1.807, 2.05) is 0 Å². The molecule has 0 fully saturated rings. The number of non-ortho nitro benzene ring substituents is 2. The van der Waals surface area contributed by atoms with E-state index in [1.165, 1.54) is 42.5 Å². The minimum Gasteiger partial charge on any atom is -0.505 e. The smallest absolute Gasteiger partial charge is 0.296 e. The quantitative estimate of drug-likeness (QED) is 0.0271. The number of phenolic OH excluding ortho intramolecular Hbond substituents is 3. The zero-order chi connectivity index (χ0) is 48.6. The van der Waals surface area contributed by atoms with Crippen molar-refractivity contribution in [3.05, 3.63) is 129 Å². The lowest BCUT2D eigenvalue weighted by atomic mass is 10.1. The van der Waals surface area contributed by atoms with Crippen LogP contribution >= 0.6 is 0 Å². The summed E-state index contributed by atoms with van der Waals surface area (Å²) in [7, 11) is -15.2. The van der Waals surface area contributed by atoms with E-state index < -0.39 is 111 Å². The molecule has 6 N–H and O–H groups in total. The molecule has 0 radical (unpaired) electrons. The predicted molar refractivity (Wildman–Crippen MR) is 232 cm³/mol. The average molecular weight is 973 g/mol. The van der Waals surface area contributed by atoms with Gasteiger partial charge in [0.05, 0.1) is 42.9 Å². The van der Waals surface area contributed by atoms with E-state index in [-0.39, 0.29) is 39.2 Å². The van der Waals surface area contributed by atoms with Gasteiger partial charge >= 0.3 is 0 Å². The molecule has 7 aromatic rings. The third kappa shape index (κ3) is 9.90. The number of aromatic hydroxyl groups is 3. The molecule has 0 atom stereocenters. The highest BCUT2D eigenvalue weighted by Gasteiger charge is 2.27. The summed E-state index contributed by atoms with van der Waals surface area (Å²) in [6, 6.07) is 19.8. The zero-order valence-corrected chi connectivity index (χ0v) is 35.3. The van der Waals surface area contributed by atoms with Crippen LogP contribution in [0.25, 0.3) is 21.5 Å². The van der Waals surface area contributed by atoms with E-state index >= 15 is 0 Å². The molecule has 0 spiro atoms. The number of nitro benzene ring substituents is 2. The van der Waals surface area contributed by atoms with Gasteiger partial charge in [-0.25, -0.2) is 0 Å². The van der Waals surface area contributed by atoms with Crippen LogP contribution in [0.2, 0.25) is 0 Å². The van der Waals surface area contributed by atoms with E-state index in [0.717, 1.165) is 48.5 Å². The number of fused-ring (bicyclic) bond motifs is 2. The average Bonchev–Trinajstić information content (AvgIpc) is 3.26. The fourth-order valence-electron chi connectivity index (χ4n) is 6.11.